The van der Waals surface area contributed by atoms with E-state index in [1.807, 2.05) is 0 Å². The number of hydrogen-bond donors (Lipinski definition) is 0. The van der Waals surface area contributed by atoms with Crippen molar-refractivity contribution >= 4 is 0 Å². The summed E-state index contributed by atoms with van der Waals surface area (Å²) in [7, 11) is 0. The van der Waals surface area contributed by atoms with E-state index in [4.69, 9.17) is 0 Å². The van der Waals surface area contributed by atoms with Crippen molar-refractivity contribution in [1.82, 2.24) is 0 Å². The van der Waals surface area contributed by atoms with Gasteiger partial charge in [-0.05, 0) is 24.3 Å². The van der Waals surface area contributed by atoms with Crippen LogP contribution in [0.4, 0.5) is 0 Å². The molecule has 1 aromatic rings. The fraction of sp³-hybridized carbons (Fsp3) is 0.652. The highest BCUT2D eigenvalue weighted by molar-refractivity contribution is 5.22. The van der Waals surface area contributed by atoms with Gasteiger partial charge in [-0.1, -0.05) is 121 Å². The minimum absolute atomic E-state index is 0.545. The van der Waals surface area contributed by atoms with Gasteiger partial charge in [0.2, 0.25) is 0 Å². The molecule has 23 heavy (non-hydrogen) atoms. The topological polar surface area (TPSA) is 0 Å². The van der Waals surface area contributed by atoms with Gasteiger partial charge in [-0.2, -0.15) is 0 Å². The number of benzene rings is 1. The lowest BCUT2D eigenvalue weighted by molar-refractivity contribution is 0.550. The van der Waals surface area contributed by atoms with Gasteiger partial charge in [0.25, 0.3) is 0 Å². The Kier molecular flexibility index (Phi) is 12.7. The Morgan fingerprint density at radius 3 is 1.83 bits per heavy atom. The van der Waals surface area contributed by atoms with Gasteiger partial charge >= 0.3 is 0 Å². The number of hydrogen-bond acceptors (Lipinski definition) is 0. The minimum Gasteiger partial charge on any atom is -0.0879 e. The molecule has 0 saturated carbocycles. The molecule has 0 spiro atoms. The first-order valence-corrected chi connectivity index (χ1v) is 10.1. The molecule has 1 atom stereocenters. The lowest BCUT2D eigenvalue weighted by Gasteiger charge is -2.05. The second kappa shape index (κ2) is 14.5. The summed E-state index contributed by atoms with van der Waals surface area (Å²) in [5.74, 6) is 0.545. The fourth-order valence-corrected chi connectivity index (χ4v) is 3.09. The van der Waals surface area contributed by atoms with Crippen LogP contribution in [0.5, 0.6) is 0 Å². The molecule has 0 aliphatic rings. The third-order valence-electron chi connectivity index (χ3n) is 4.72. The fourth-order valence-electron chi connectivity index (χ4n) is 3.09. The Bertz CT molecular complexity index is 376. The molecule has 0 radical (unpaired) electrons. The smallest absolute Gasteiger partial charge is 0.00104 e. The van der Waals surface area contributed by atoms with Crippen LogP contribution in [0.1, 0.15) is 102 Å². The van der Waals surface area contributed by atoms with Crippen LogP contribution in [0.15, 0.2) is 42.5 Å². The van der Waals surface area contributed by atoms with Gasteiger partial charge in [-0.15, -0.1) is 0 Å². The van der Waals surface area contributed by atoms with Crippen LogP contribution in [0.3, 0.4) is 0 Å². The molecule has 130 valence electrons. The summed E-state index contributed by atoms with van der Waals surface area (Å²) >= 11 is 0. The first kappa shape index (κ1) is 20.0. The highest BCUT2D eigenvalue weighted by atomic mass is 14.0. The molecule has 1 unspecified atom stereocenters. The van der Waals surface area contributed by atoms with E-state index in [-0.39, 0.29) is 0 Å². The molecule has 0 heterocycles. The van der Waals surface area contributed by atoms with E-state index in [1.54, 1.807) is 0 Å². The zero-order valence-electron chi connectivity index (χ0n) is 15.6. The molecule has 0 fully saturated rings. The molecule has 0 aliphatic carbocycles. The first-order valence-electron chi connectivity index (χ1n) is 10.1. The number of unbranched alkanes of at least 4 members (excludes halogenated alkanes) is 11. The van der Waals surface area contributed by atoms with E-state index in [2.05, 4.69) is 56.3 Å². The number of allylic oxidation sites excluding steroid dienone is 2. The second-order valence-electron chi connectivity index (χ2n) is 6.95. The lowest BCUT2D eigenvalue weighted by Crippen LogP contribution is -1.87. The van der Waals surface area contributed by atoms with Crippen molar-refractivity contribution < 1.29 is 0 Å². The van der Waals surface area contributed by atoms with Crippen LogP contribution < -0.4 is 0 Å². The van der Waals surface area contributed by atoms with Gasteiger partial charge in [-0.3, -0.25) is 0 Å². The zero-order valence-corrected chi connectivity index (χ0v) is 15.6. The minimum atomic E-state index is 0.545. The highest BCUT2D eigenvalue weighted by Crippen LogP contribution is 2.17. The van der Waals surface area contributed by atoms with E-state index < -0.39 is 0 Å². The number of rotatable bonds is 14. The van der Waals surface area contributed by atoms with Crippen molar-refractivity contribution in [2.75, 3.05) is 0 Å². The summed E-state index contributed by atoms with van der Waals surface area (Å²) in [4.78, 5) is 0. The van der Waals surface area contributed by atoms with Crippen molar-refractivity contribution in [3.63, 3.8) is 0 Å². The van der Waals surface area contributed by atoms with Gasteiger partial charge in [0.1, 0.15) is 0 Å². The molecule has 0 aromatic heterocycles. The molecule has 0 aliphatic heterocycles. The highest BCUT2D eigenvalue weighted by Gasteiger charge is 1.98. The predicted molar refractivity (Wildman–Crippen MR) is 105 cm³/mol. The monoisotopic (exact) mass is 314 g/mol. The summed E-state index contributed by atoms with van der Waals surface area (Å²) in [6, 6.07) is 10.8. The maximum Gasteiger partial charge on any atom is -0.00104 e. The van der Waals surface area contributed by atoms with E-state index in [0.717, 1.165) is 0 Å². The Labute approximate surface area is 145 Å². The second-order valence-corrected chi connectivity index (χ2v) is 6.95. The summed E-state index contributed by atoms with van der Waals surface area (Å²) in [5.41, 5.74) is 1.42. The van der Waals surface area contributed by atoms with Crippen molar-refractivity contribution in [2.45, 2.75) is 96.8 Å². The van der Waals surface area contributed by atoms with E-state index in [1.165, 1.54) is 82.6 Å². The third-order valence-corrected chi connectivity index (χ3v) is 4.72. The quantitative estimate of drug-likeness (QED) is 0.241. The van der Waals surface area contributed by atoms with Crippen LogP contribution in [0.2, 0.25) is 0 Å². The van der Waals surface area contributed by atoms with Gasteiger partial charge in [0.15, 0.2) is 0 Å². The van der Waals surface area contributed by atoms with Crippen LogP contribution >= 0.6 is 0 Å². The van der Waals surface area contributed by atoms with E-state index in [0.29, 0.717) is 5.92 Å². The van der Waals surface area contributed by atoms with E-state index >= 15 is 0 Å². The molecule has 0 nitrogen and oxygen atoms in total. The molecule has 1 rings (SSSR count). The molecule has 1 aromatic carbocycles. The molecule has 0 N–H and O–H groups in total. The van der Waals surface area contributed by atoms with Crippen molar-refractivity contribution in [3.05, 3.63) is 48.0 Å². The maximum atomic E-state index is 2.38. The standard InChI is InChI=1S/C23H38/c1-3-4-5-6-7-8-9-10-11-12-13-14-16-19-22(2)23-20-17-15-18-21-23/h15-22H,3-14H2,1-2H3/b19-16+. The predicted octanol–water partition coefficient (Wildman–Crippen LogP) is 8.05. The van der Waals surface area contributed by atoms with Crippen LogP contribution in [-0.2, 0) is 0 Å². The third kappa shape index (κ3) is 11.2. The Morgan fingerprint density at radius 1 is 0.739 bits per heavy atom. The van der Waals surface area contributed by atoms with Crippen molar-refractivity contribution in [2.24, 2.45) is 0 Å². The zero-order chi connectivity index (χ0) is 16.6. The molecule has 0 heteroatoms. The first-order chi connectivity index (χ1) is 11.3. The van der Waals surface area contributed by atoms with Gasteiger partial charge < -0.3 is 0 Å². The summed E-state index contributed by atoms with van der Waals surface area (Å²) in [6.07, 6.45) is 21.7. The van der Waals surface area contributed by atoms with Crippen LogP contribution in [0.25, 0.3) is 0 Å². The average Bonchev–Trinajstić information content (AvgIpc) is 2.59. The Hall–Kier alpha value is -1.04. The molecule has 0 amide bonds. The lowest BCUT2D eigenvalue weighted by atomic mass is 10.00. The Morgan fingerprint density at radius 2 is 1.26 bits per heavy atom. The largest absolute Gasteiger partial charge is 0.0879 e. The normalized spacial score (nSPS) is 12.8. The molecular weight excluding hydrogens is 276 g/mol. The van der Waals surface area contributed by atoms with Gasteiger partial charge in [0, 0.05) is 0 Å². The summed E-state index contributed by atoms with van der Waals surface area (Å²) in [6.45, 7) is 4.57. The Balaban J connectivity index is 1.89. The van der Waals surface area contributed by atoms with E-state index in [9.17, 15) is 0 Å². The summed E-state index contributed by atoms with van der Waals surface area (Å²) in [5, 5.41) is 0. The SMILES string of the molecule is CCCCCCCCCCCCC/C=C/C(C)c1ccccc1. The molecule has 0 bridgehead atoms. The van der Waals surface area contributed by atoms with Gasteiger partial charge in [0.05, 0.1) is 0 Å². The van der Waals surface area contributed by atoms with Crippen molar-refractivity contribution in [1.29, 1.82) is 0 Å². The van der Waals surface area contributed by atoms with Gasteiger partial charge in [-0.25, -0.2) is 0 Å². The summed E-state index contributed by atoms with van der Waals surface area (Å²) < 4.78 is 0. The van der Waals surface area contributed by atoms with Crippen LogP contribution in [0, 0.1) is 0 Å². The van der Waals surface area contributed by atoms with Crippen LogP contribution in [-0.4, -0.2) is 0 Å². The molecule has 0 saturated heterocycles. The van der Waals surface area contributed by atoms with Crippen molar-refractivity contribution in [3.8, 4) is 0 Å². The molecular formula is C23H38. The average molecular weight is 315 g/mol. The maximum absolute atomic E-state index is 2.38.